The molecule has 0 atom stereocenters. The van der Waals surface area contributed by atoms with Crippen LogP contribution in [0.15, 0.2) is 0 Å². The zero-order chi connectivity index (χ0) is 14.1. The Hall–Kier alpha value is -0.480. The van der Waals surface area contributed by atoms with Crippen LogP contribution < -0.4 is 0 Å². The molecule has 0 aromatic carbocycles. The Kier molecular flexibility index (Phi) is 25.9. The molecule has 3 fully saturated rings. The Morgan fingerprint density at radius 1 is 0.393 bits per heavy atom. The summed E-state index contributed by atoms with van der Waals surface area (Å²) in [5.41, 5.74) is 0. The minimum absolute atomic E-state index is 0. The van der Waals surface area contributed by atoms with Gasteiger partial charge in [0.15, 0.2) is 0 Å². The molecule has 12 heteroatoms. The van der Waals surface area contributed by atoms with Crippen LogP contribution in [0.5, 0.6) is 0 Å². The number of hydrogen-bond donors (Lipinski definition) is 0. The Bertz CT molecular complexity index is 299. The smallest absolute Gasteiger partial charge is 0.129 e. The summed E-state index contributed by atoms with van der Waals surface area (Å²) < 4.78 is -0.0933. The molecule has 16 N–H and O–H groups in total. The summed E-state index contributed by atoms with van der Waals surface area (Å²) in [6.45, 7) is 2.30. The predicted molar refractivity (Wildman–Crippen MR) is 109 cm³/mol. The number of hydrogen-bond acceptors (Lipinski definition) is 2. The Labute approximate surface area is 166 Å². The first-order valence-corrected chi connectivity index (χ1v) is 8.78. The van der Waals surface area contributed by atoms with Gasteiger partial charge < -0.3 is 63.5 Å². The van der Waals surface area contributed by atoms with Crippen molar-refractivity contribution in [2.24, 2.45) is 0 Å². The van der Waals surface area contributed by atoms with Crippen molar-refractivity contribution in [2.75, 3.05) is 26.2 Å². The average Bonchev–Trinajstić information content (AvgIpc) is 2.52. The molecule has 0 aromatic rings. The average molecular weight is 427 g/mol. The number of nitrogens with zero attached hydrogens (tertiary/aromatic N) is 2. The van der Waals surface area contributed by atoms with Crippen molar-refractivity contribution in [3.8, 4) is 0 Å². The quantitative estimate of drug-likeness (QED) is 0.323. The molecule has 2 aliphatic carbocycles. The van der Waals surface area contributed by atoms with E-state index in [2.05, 4.69) is 0 Å². The normalized spacial score (nSPS) is 29.8. The molecule has 3 aliphatic rings. The third-order valence-electron chi connectivity index (χ3n) is 6.19. The third kappa shape index (κ3) is 8.90. The molecule has 28 heavy (non-hydrogen) atoms. The fourth-order valence-electron chi connectivity index (χ4n) is 4.73. The lowest BCUT2D eigenvalue weighted by Gasteiger charge is -2.60. The lowest BCUT2D eigenvalue weighted by molar-refractivity contribution is -1.01. The van der Waals surface area contributed by atoms with Crippen LogP contribution in [-0.2, 0) is 0 Å². The Balaban J connectivity index is -0.000000151. The van der Waals surface area contributed by atoms with E-state index in [1.807, 2.05) is 0 Å². The van der Waals surface area contributed by atoms with Gasteiger partial charge >= 0.3 is 0 Å². The molecule has 0 spiro atoms. The largest absolute Gasteiger partial charge is 0.632 e. The SMILES string of the molecule is O.O.O.O.O.O.O.O.[O-][N+]1(C2CCCCC2)CC[N+]([O-])(C2CCCCC2)CC1. The van der Waals surface area contributed by atoms with Crippen LogP contribution in [0.1, 0.15) is 64.2 Å². The molecule has 180 valence electrons. The Morgan fingerprint density at radius 2 is 0.607 bits per heavy atom. The van der Waals surface area contributed by atoms with Crippen LogP contribution in [-0.4, -0.2) is 91.4 Å². The summed E-state index contributed by atoms with van der Waals surface area (Å²) in [7, 11) is 0. The molecular formula is C16H46N2O10. The van der Waals surface area contributed by atoms with Crippen molar-refractivity contribution in [1.82, 2.24) is 0 Å². The number of hydroxylamine groups is 6. The monoisotopic (exact) mass is 426 g/mol. The maximum absolute atomic E-state index is 13.0. The molecule has 1 aliphatic heterocycles. The van der Waals surface area contributed by atoms with E-state index >= 15 is 0 Å². The second kappa shape index (κ2) is 17.4. The fraction of sp³-hybridized carbons (Fsp3) is 1.00. The van der Waals surface area contributed by atoms with Gasteiger partial charge in [0.1, 0.15) is 26.2 Å². The van der Waals surface area contributed by atoms with Gasteiger partial charge in [0, 0.05) is 0 Å². The van der Waals surface area contributed by atoms with Gasteiger partial charge in [-0.15, -0.1) is 0 Å². The van der Waals surface area contributed by atoms with Crippen molar-refractivity contribution in [3.63, 3.8) is 0 Å². The maximum atomic E-state index is 13.0. The van der Waals surface area contributed by atoms with E-state index in [9.17, 15) is 10.4 Å². The van der Waals surface area contributed by atoms with Crippen molar-refractivity contribution in [2.45, 2.75) is 76.3 Å². The van der Waals surface area contributed by atoms with Gasteiger partial charge in [-0.1, -0.05) is 12.8 Å². The molecule has 0 bridgehead atoms. The van der Waals surface area contributed by atoms with Gasteiger partial charge in [0.2, 0.25) is 0 Å². The lowest BCUT2D eigenvalue weighted by atomic mass is 9.91. The summed E-state index contributed by atoms with van der Waals surface area (Å²) in [5, 5.41) is 26.1. The second-order valence-corrected chi connectivity index (χ2v) is 7.38. The van der Waals surface area contributed by atoms with Gasteiger partial charge in [0.25, 0.3) is 0 Å². The summed E-state index contributed by atoms with van der Waals surface area (Å²) in [6.07, 6.45) is 11.8. The summed E-state index contributed by atoms with van der Waals surface area (Å²) in [4.78, 5) is 0. The van der Waals surface area contributed by atoms with Gasteiger partial charge in [-0.2, -0.15) is 0 Å². The van der Waals surface area contributed by atoms with Crippen LogP contribution in [0.2, 0.25) is 0 Å². The standard InChI is InChI=1S/C16H30N2O2.8H2O/c19-17(15-7-3-1-4-8-15)11-13-18(20,14-12-17)16-9-5-2-6-10-16;;;;;;;;/h15-16H,1-14H2;8*1H2. The van der Waals surface area contributed by atoms with Gasteiger partial charge in [-0.25, -0.2) is 0 Å². The highest BCUT2D eigenvalue weighted by molar-refractivity contribution is 4.73. The number of piperazine rings is 1. The highest BCUT2D eigenvalue weighted by Gasteiger charge is 2.41. The zero-order valence-corrected chi connectivity index (χ0v) is 16.8. The topological polar surface area (TPSA) is 298 Å². The van der Waals surface area contributed by atoms with Crippen LogP contribution in [0, 0.1) is 10.4 Å². The summed E-state index contributed by atoms with van der Waals surface area (Å²) in [6, 6.07) is 0.590. The molecule has 3 rings (SSSR count). The fourth-order valence-corrected chi connectivity index (χ4v) is 4.73. The van der Waals surface area contributed by atoms with Crippen LogP contribution in [0.3, 0.4) is 0 Å². The highest BCUT2D eigenvalue weighted by atomic mass is 16.6. The number of quaternary nitrogens is 2. The molecule has 2 saturated carbocycles. The first kappa shape index (κ1) is 41.8. The van der Waals surface area contributed by atoms with E-state index in [0.717, 1.165) is 25.7 Å². The van der Waals surface area contributed by atoms with Crippen LogP contribution in [0.25, 0.3) is 0 Å². The minimum atomic E-state index is -0.0467. The molecule has 0 aromatic heterocycles. The van der Waals surface area contributed by atoms with Gasteiger partial charge in [0.05, 0.1) is 12.1 Å². The molecule has 0 unspecified atom stereocenters. The Morgan fingerprint density at radius 3 is 0.821 bits per heavy atom. The van der Waals surface area contributed by atoms with E-state index in [0.29, 0.717) is 38.3 Å². The molecule has 0 radical (unpaired) electrons. The van der Waals surface area contributed by atoms with Crippen molar-refractivity contribution >= 4 is 0 Å². The molecule has 1 saturated heterocycles. The van der Waals surface area contributed by atoms with E-state index in [1.54, 1.807) is 0 Å². The van der Waals surface area contributed by atoms with E-state index < -0.39 is 0 Å². The van der Waals surface area contributed by atoms with Crippen molar-refractivity contribution in [1.29, 1.82) is 0 Å². The van der Waals surface area contributed by atoms with E-state index in [-0.39, 0.29) is 53.1 Å². The first-order valence-electron chi connectivity index (χ1n) is 8.78. The second-order valence-electron chi connectivity index (χ2n) is 7.38. The van der Waals surface area contributed by atoms with E-state index in [1.165, 1.54) is 38.5 Å². The first-order chi connectivity index (χ1) is 9.62. The number of rotatable bonds is 2. The maximum Gasteiger partial charge on any atom is 0.129 e. The zero-order valence-electron chi connectivity index (χ0n) is 16.8. The van der Waals surface area contributed by atoms with E-state index in [4.69, 9.17) is 0 Å². The lowest BCUT2D eigenvalue weighted by Crippen LogP contribution is -2.68. The van der Waals surface area contributed by atoms with Crippen molar-refractivity contribution < 1.29 is 53.1 Å². The van der Waals surface area contributed by atoms with Gasteiger partial charge in [-0.05, 0) is 51.4 Å². The molecular weight excluding hydrogens is 380 g/mol. The molecule has 0 amide bonds. The molecule has 1 heterocycles. The molecule has 12 nitrogen and oxygen atoms in total. The van der Waals surface area contributed by atoms with Crippen molar-refractivity contribution in [3.05, 3.63) is 10.4 Å². The van der Waals surface area contributed by atoms with Gasteiger partial charge in [-0.3, -0.25) is 0 Å². The highest BCUT2D eigenvalue weighted by Crippen LogP contribution is 2.34. The van der Waals surface area contributed by atoms with Crippen LogP contribution >= 0.6 is 0 Å². The third-order valence-corrected chi connectivity index (χ3v) is 6.19. The summed E-state index contributed by atoms with van der Waals surface area (Å²) in [5.74, 6) is 0. The minimum Gasteiger partial charge on any atom is -0.632 e. The van der Waals surface area contributed by atoms with Crippen LogP contribution in [0.4, 0.5) is 0 Å². The predicted octanol–water partition coefficient (Wildman–Crippen LogP) is -3.30. The summed E-state index contributed by atoms with van der Waals surface area (Å²) >= 11 is 0.